The quantitative estimate of drug-likeness (QED) is 0.666. The van der Waals surface area contributed by atoms with E-state index in [0.29, 0.717) is 5.92 Å². The number of rotatable bonds is 1. The van der Waals surface area contributed by atoms with Crippen LogP contribution in [0.3, 0.4) is 0 Å². The molecule has 0 aromatic heterocycles. The van der Waals surface area contributed by atoms with Crippen LogP contribution >= 0.6 is 0 Å². The summed E-state index contributed by atoms with van der Waals surface area (Å²) in [5, 5.41) is 11.0. The summed E-state index contributed by atoms with van der Waals surface area (Å²) in [5.41, 5.74) is 1.71. The Kier molecular flexibility index (Phi) is 2.78. The first-order valence-corrected chi connectivity index (χ1v) is 6.45. The zero-order valence-electron chi connectivity index (χ0n) is 10.7. The van der Waals surface area contributed by atoms with Crippen molar-refractivity contribution in [2.24, 2.45) is 11.3 Å². The van der Waals surface area contributed by atoms with Crippen molar-refractivity contribution in [2.45, 2.75) is 58.0 Å². The predicted molar refractivity (Wildman–Crippen MR) is 68.2 cm³/mol. The average molecular weight is 220 g/mol. The van der Waals surface area contributed by atoms with Crippen molar-refractivity contribution in [1.82, 2.24) is 0 Å². The molecule has 0 aromatic rings. The fourth-order valence-corrected chi connectivity index (χ4v) is 3.63. The number of hydrogen-bond acceptors (Lipinski definition) is 1. The number of aliphatic hydroxyl groups is 1. The normalized spacial score (nSPS) is 43.9. The van der Waals surface area contributed by atoms with E-state index in [9.17, 15) is 5.11 Å². The maximum atomic E-state index is 11.0. The zero-order chi connectivity index (χ0) is 12.0. The molecule has 1 N–H and O–H groups in total. The van der Waals surface area contributed by atoms with Gasteiger partial charge >= 0.3 is 0 Å². The Labute approximate surface area is 99.3 Å². The third-order valence-corrected chi connectivity index (χ3v) is 5.07. The summed E-state index contributed by atoms with van der Waals surface area (Å²) in [6.45, 7) is 12.5. The van der Waals surface area contributed by atoms with Crippen molar-refractivity contribution in [2.75, 3.05) is 0 Å². The van der Waals surface area contributed by atoms with E-state index in [1.165, 1.54) is 18.4 Å². The van der Waals surface area contributed by atoms with E-state index in [1.807, 2.05) is 0 Å². The smallest absolute Gasteiger partial charge is 0.0913 e. The van der Waals surface area contributed by atoms with Gasteiger partial charge in [-0.3, -0.25) is 0 Å². The van der Waals surface area contributed by atoms with Gasteiger partial charge in [0.05, 0.1) is 5.60 Å². The molecule has 2 aliphatic carbocycles. The highest BCUT2D eigenvalue weighted by Crippen LogP contribution is 2.56. The monoisotopic (exact) mass is 220 g/mol. The van der Waals surface area contributed by atoms with Crippen LogP contribution in [-0.2, 0) is 0 Å². The highest BCUT2D eigenvalue weighted by molar-refractivity contribution is 5.25. The molecule has 0 bridgehead atoms. The molecule has 0 aromatic carbocycles. The van der Waals surface area contributed by atoms with Crippen LogP contribution in [0.25, 0.3) is 0 Å². The molecule has 90 valence electrons. The number of fused-ring (bicyclic) bond motifs is 1. The van der Waals surface area contributed by atoms with Crippen LogP contribution in [0.4, 0.5) is 0 Å². The Bertz CT molecular complexity index is 330. The van der Waals surface area contributed by atoms with Crippen LogP contribution in [0, 0.1) is 11.3 Å². The molecule has 2 saturated carbocycles. The maximum Gasteiger partial charge on any atom is 0.0913 e. The Morgan fingerprint density at radius 2 is 2.12 bits per heavy atom. The molecule has 0 spiro atoms. The minimum atomic E-state index is -0.632. The van der Waals surface area contributed by atoms with Crippen LogP contribution in [0.2, 0.25) is 0 Å². The highest BCUT2D eigenvalue weighted by Gasteiger charge is 2.53. The van der Waals surface area contributed by atoms with Crippen molar-refractivity contribution >= 4 is 0 Å². The SMILES string of the molecule is C=C(C)[C@@H]1CC[C@@]2(C)CCCC(=C)[C@@]2(O)C1. The molecule has 2 rings (SSSR count). The van der Waals surface area contributed by atoms with Crippen molar-refractivity contribution in [3.05, 3.63) is 24.3 Å². The van der Waals surface area contributed by atoms with Crippen LogP contribution in [0.15, 0.2) is 24.3 Å². The Hall–Kier alpha value is -0.560. The maximum absolute atomic E-state index is 11.0. The van der Waals surface area contributed by atoms with Gasteiger partial charge in [0.1, 0.15) is 0 Å². The van der Waals surface area contributed by atoms with E-state index in [1.54, 1.807) is 0 Å². The van der Waals surface area contributed by atoms with Gasteiger partial charge in [-0.25, -0.2) is 0 Å². The highest BCUT2D eigenvalue weighted by atomic mass is 16.3. The van der Waals surface area contributed by atoms with Gasteiger partial charge in [-0.05, 0) is 56.9 Å². The first-order chi connectivity index (χ1) is 7.39. The Balaban J connectivity index is 2.29. The first kappa shape index (κ1) is 11.9. The van der Waals surface area contributed by atoms with Crippen LogP contribution in [0.1, 0.15) is 52.4 Å². The van der Waals surface area contributed by atoms with E-state index in [0.717, 1.165) is 31.3 Å². The zero-order valence-corrected chi connectivity index (χ0v) is 10.7. The topological polar surface area (TPSA) is 20.2 Å². The Morgan fingerprint density at radius 3 is 2.75 bits per heavy atom. The summed E-state index contributed by atoms with van der Waals surface area (Å²) < 4.78 is 0. The fraction of sp³-hybridized carbons (Fsp3) is 0.733. The lowest BCUT2D eigenvalue weighted by Gasteiger charge is -2.55. The third kappa shape index (κ3) is 1.57. The second-order valence-corrected chi connectivity index (χ2v) is 6.16. The van der Waals surface area contributed by atoms with E-state index < -0.39 is 5.60 Å². The molecule has 1 nitrogen and oxygen atoms in total. The summed E-state index contributed by atoms with van der Waals surface area (Å²) in [4.78, 5) is 0. The molecule has 0 aliphatic heterocycles. The largest absolute Gasteiger partial charge is 0.385 e. The van der Waals surface area contributed by atoms with Crippen LogP contribution < -0.4 is 0 Å². The molecular formula is C15H24O. The summed E-state index contributed by atoms with van der Waals surface area (Å²) in [6.07, 6.45) is 6.47. The molecule has 0 unspecified atom stereocenters. The van der Waals surface area contributed by atoms with Gasteiger partial charge in [-0.1, -0.05) is 25.7 Å². The third-order valence-electron chi connectivity index (χ3n) is 5.07. The van der Waals surface area contributed by atoms with Crippen LogP contribution in [-0.4, -0.2) is 10.7 Å². The lowest BCUT2D eigenvalue weighted by atomic mass is 9.53. The lowest BCUT2D eigenvalue weighted by Crippen LogP contribution is -2.54. The van der Waals surface area contributed by atoms with Gasteiger partial charge in [0.25, 0.3) is 0 Å². The standard InChI is InChI=1S/C15H24O/c1-11(2)13-7-9-14(4)8-5-6-12(3)15(14,16)10-13/h13,16H,1,3,5-10H2,2,4H3/t13-,14-,15+/m1/s1. The molecule has 0 saturated heterocycles. The van der Waals surface area contributed by atoms with Gasteiger partial charge < -0.3 is 5.11 Å². The van der Waals surface area contributed by atoms with E-state index in [4.69, 9.17) is 0 Å². The van der Waals surface area contributed by atoms with E-state index >= 15 is 0 Å². The minimum Gasteiger partial charge on any atom is -0.385 e. The second-order valence-electron chi connectivity index (χ2n) is 6.16. The lowest BCUT2D eigenvalue weighted by molar-refractivity contribution is -0.106. The van der Waals surface area contributed by atoms with Gasteiger partial charge in [-0.2, -0.15) is 0 Å². The molecule has 2 fully saturated rings. The number of hydrogen-bond donors (Lipinski definition) is 1. The minimum absolute atomic E-state index is 0.0638. The molecule has 3 atom stereocenters. The van der Waals surface area contributed by atoms with Crippen molar-refractivity contribution in [1.29, 1.82) is 0 Å². The Morgan fingerprint density at radius 1 is 1.44 bits per heavy atom. The predicted octanol–water partition coefficient (Wildman–Crippen LogP) is 3.84. The molecule has 0 heterocycles. The molecule has 0 radical (unpaired) electrons. The van der Waals surface area contributed by atoms with Crippen molar-refractivity contribution < 1.29 is 5.11 Å². The summed E-state index contributed by atoms with van der Waals surface area (Å²) >= 11 is 0. The fourth-order valence-electron chi connectivity index (χ4n) is 3.63. The molecule has 1 heteroatoms. The van der Waals surface area contributed by atoms with Gasteiger partial charge in [0, 0.05) is 5.41 Å². The van der Waals surface area contributed by atoms with E-state index in [-0.39, 0.29) is 5.41 Å². The van der Waals surface area contributed by atoms with Crippen LogP contribution in [0.5, 0.6) is 0 Å². The van der Waals surface area contributed by atoms with Gasteiger partial charge in [0.15, 0.2) is 0 Å². The first-order valence-electron chi connectivity index (χ1n) is 6.45. The molecule has 2 aliphatic rings. The van der Waals surface area contributed by atoms with Crippen molar-refractivity contribution in [3.63, 3.8) is 0 Å². The molecule has 16 heavy (non-hydrogen) atoms. The summed E-state index contributed by atoms with van der Waals surface area (Å²) in [6, 6.07) is 0. The second kappa shape index (κ2) is 3.73. The van der Waals surface area contributed by atoms with E-state index in [2.05, 4.69) is 27.0 Å². The van der Waals surface area contributed by atoms with Crippen molar-refractivity contribution in [3.8, 4) is 0 Å². The number of allylic oxidation sites excluding steroid dienone is 1. The van der Waals surface area contributed by atoms with Gasteiger partial charge in [-0.15, -0.1) is 0 Å². The summed E-state index contributed by atoms with van der Waals surface area (Å²) in [7, 11) is 0. The average Bonchev–Trinajstić information content (AvgIpc) is 2.20. The molecule has 0 amide bonds. The van der Waals surface area contributed by atoms with Gasteiger partial charge in [0.2, 0.25) is 0 Å². The molecular weight excluding hydrogens is 196 g/mol. The summed E-state index contributed by atoms with van der Waals surface area (Å²) in [5.74, 6) is 0.480.